The number of hydrogen-bond donors (Lipinski definition) is 0. The number of piperidine rings is 1. The Labute approximate surface area is 212 Å². The molecule has 1 saturated heterocycles. The Morgan fingerprint density at radius 3 is 2.54 bits per heavy atom. The molecule has 0 spiro atoms. The molecule has 0 bridgehead atoms. The molecule has 0 radical (unpaired) electrons. The highest BCUT2D eigenvalue weighted by Gasteiger charge is 2.25. The van der Waals surface area contributed by atoms with E-state index in [0.29, 0.717) is 18.7 Å². The largest absolute Gasteiger partial charge is 0.361 e. The lowest BCUT2D eigenvalue weighted by Crippen LogP contribution is -2.38. The summed E-state index contributed by atoms with van der Waals surface area (Å²) < 4.78 is 8.10. The van der Waals surface area contributed by atoms with Gasteiger partial charge in [0.25, 0.3) is 0 Å². The van der Waals surface area contributed by atoms with Crippen LogP contribution in [0.1, 0.15) is 54.1 Å². The number of fused-ring (bicyclic) bond motifs is 1. The molecular weight excluding hydrogens is 450 g/mol. The standard InChI is InChI=1S/C28H43N5OSi/c1-20-13-25(14-21(2)30-20)15-24-9-8-10-32(18-24)22(3)26-16-27-28(29-17-26)33(23(4)31-27)19-34-11-12-35(5,6)7/h13-14,16-17,22,24H,8-12,15,18-19H2,1-7H3/t22?,24-/m1/s1. The van der Waals surface area contributed by atoms with Crippen molar-refractivity contribution >= 4 is 19.2 Å². The van der Waals surface area contributed by atoms with Gasteiger partial charge in [0.15, 0.2) is 5.65 Å². The smallest absolute Gasteiger partial charge is 0.161 e. The minimum atomic E-state index is -1.09. The number of imidazole rings is 1. The van der Waals surface area contributed by atoms with Crippen molar-refractivity contribution in [3.8, 4) is 0 Å². The van der Waals surface area contributed by atoms with E-state index >= 15 is 0 Å². The zero-order valence-corrected chi connectivity index (χ0v) is 23.8. The predicted octanol–water partition coefficient (Wildman–Crippen LogP) is 6.08. The Hall–Kier alpha value is -2.09. The molecule has 0 saturated carbocycles. The number of nitrogens with zero attached hydrogens (tertiary/aromatic N) is 5. The Balaban J connectivity index is 1.42. The lowest BCUT2D eigenvalue weighted by molar-refractivity contribution is 0.0881. The summed E-state index contributed by atoms with van der Waals surface area (Å²) in [5.41, 5.74) is 6.81. The molecule has 35 heavy (non-hydrogen) atoms. The van der Waals surface area contributed by atoms with Gasteiger partial charge >= 0.3 is 0 Å². The fourth-order valence-corrected chi connectivity index (χ4v) is 6.01. The van der Waals surface area contributed by atoms with Crippen LogP contribution >= 0.6 is 0 Å². The molecule has 0 aliphatic carbocycles. The summed E-state index contributed by atoms with van der Waals surface area (Å²) in [5, 5.41) is 0. The molecule has 1 fully saturated rings. The zero-order valence-electron chi connectivity index (χ0n) is 22.8. The van der Waals surface area contributed by atoms with Crippen LogP contribution < -0.4 is 0 Å². The van der Waals surface area contributed by atoms with Crippen LogP contribution in [0.2, 0.25) is 25.7 Å². The minimum Gasteiger partial charge on any atom is -0.361 e. The van der Waals surface area contributed by atoms with E-state index in [9.17, 15) is 0 Å². The molecule has 0 aromatic carbocycles. The summed E-state index contributed by atoms with van der Waals surface area (Å²) in [6.45, 7) is 19.3. The summed E-state index contributed by atoms with van der Waals surface area (Å²) in [5.74, 6) is 1.64. The molecule has 7 heteroatoms. The number of pyridine rings is 2. The normalized spacial score (nSPS) is 18.3. The molecule has 0 N–H and O–H groups in total. The number of aromatic nitrogens is 4. The number of hydrogen-bond acceptors (Lipinski definition) is 5. The van der Waals surface area contributed by atoms with Gasteiger partial charge in [0.2, 0.25) is 0 Å². The Kier molecular flexibility index (Phi) is 8.08. The summed E-state index contributed by atoms with van der Waals surface area (Å²) >= 11 is 0. The molecule has 3 aromatic rings. The molecule has 0 amide bonds. The Bertz CT molecular complexity index is 1130. The van der Waals surface area contributed by atoms with E-state index in [1.54, 1.807) is 0 Å². The SMILES string of the molecule is Cc1cc(C[C@H]2CCCN(C(C)c3cnc4c(c3)nc(C)n4COCC[Si](C)(C)C)C2)cc(C)n1. The first-order valence-corrected chi connectivity index (χ1v) is 16.9. The van der Waals surface area contributed by atoms with Crippen molar-refractivity contribution in [3.63, 3.8) is 0 Å². The molecule has 3 aromatic heterocycles. The molecule has 2 atom stereocenters. The van der Waals surface area contributed by atoms with Gasteiger partial charge in [0.05, 0.1) is 0 Å². The number of likely N-dealkylation sites (tertiary alicyclic amines) is 1. The van der Waals surface area contributed by atoms with Crippen molar-refractivity contribution < 1.29 is 4.74 Å². The van der Waals surface area contributed by atoms with Gasteiger partial charge in [-0.1, -0.05) is 19.6 Å². The molecule has 1 aliphatic heterocycles. The molecule has 1 aliphatic rings. The average molecular weight is 494 g/mol. The van der Waals surface area contributed by atoms with Crippen LogP contribution in [0.4, 0.5) is 0 Å². The van der Waals surface area contributed by atoms with E-state index in [1.165, 1.54) is 30.0 Å². The van der Waals surface area contributed by atoms with Crippen LogP contribution in [0.15, 0.2) is 24.4 Å². The second-order valence-electron chi connectivity index (χ2n) is 11.7. The zero-order chi connectivity index (χ0) is 25.2. The summed E-state index contributed by atoms with van der Waals surface area (Å²) in [7, 11) is -1.09. The molecule has 4 rings (SSSR count). The highest BCUT2D eigenvalue weighted by atomic mass is 28.3. The Morgan fingerprint density at radius 1 is 1.09 bits per heavy atom. The van der Waals surface area contributed by atoms with Crippen LogP contribution in [-0.4, -0.2) is 52.2 Å². The van der Waals surface area contributed by atoms with Crippen molar-refractivity contribution in [3.05, 3.63) is 52.7 Å². The van der Waals surface area contributed by atoms with Gasteiger partial charge in [0, 0.05) is 44.9 Å². The third kappa shape index (κ3) is 6.77. The van der Waals surface area contributed by atoms with Crippen LogP contribution in [0, 0.1) is 26.7 Å². The van der Waals surface area contributed by atoms with Gasteiger partial charge in [0.1, 0.15) is 18.1 Å². The van der Waals surface area contributed by atoms with Crippen LogP contribution in [0.25, 0.3) is 11.2 Å². The second-order valence-corrected chi connectivity index (χ2v) is 17.3. The van der Waals surface area contributed by atoms with Gasteiger partial charge in [-0.2, -0.15) is 0 Å². The second kappa shape index (κ2) is 10.9. The lowest BCUT2D eigenvalue weighted by Gasteiger charge is -2.37. The first-order valence-electron chi connectivity index (χ1n) is 13.2. The summed E-state index contributed by atoms with van der Waals surface area (Å²) in [4.78, 5) is 16.8. The number of ether oxygens (including phenoxy) is 1. The fraction of sp³-hybridized carbons (Fsp3) is 0.607. The van der Waals surface area contributed by atoms with E-state index in [4.69, 9.17) is 14.7 Å². The lowest BCUT2D eigenvalue weighted by atomic mass is 9.90. The van der Waals surface area contributed by atoms with Gasteiger partial charge < -0.3 is 4.74 Å². The van der Waals surface area contributed by atoms with Gasteiger partial charge in [-0.05, 0) is 94.8 Å². The van der Waals surface area contributed by atoms with E-state index in [1.807, 2.05) is 13.1 Å². The average Bonchev–Trinajstić information content (AvgIpc) is 3.09. The van der Waals surface area contributed by atoms with E-state index in [-0.39, 0.29) is 0 Å². The van der Waals surface area contributed by atoms with Crippen molar-refractivity contribution in [1.29, 1.82) is 0 Å². The van der Waals surface area contributed by atoms with Crippen molar-refractivity contribution in [2.75, 3.05) is 19.7 Å². The third-order valence-corrected chi connectivity index (χ3v) is 8.96. The quantitative estimate of drug-likeness (QED) is 0.267. The third-order valence-electron chi connectivity index (χ3n) is 7.26. The maximum absolute atomic E-state index is 6.00. The topological polar surface area (TPSA) is 56.1 Å². The van der Waals surface area contributed by atoms with Crippen molar-refractivity contribution in [2.24, 2.45) is 5.92 Å². The van der Waals surface area contributed by atoms with Crippen LogP contribution in [0.5, 0.6) is 0 Å². The number of rotatable bonds is 9. The maximum Gasteiger partial charge on any atom is 0.161 e. The van der Waals surface area contributed by atoms with E-state index in [2.05, 4.69) is 73.1 Å². The van der Waals surface area contributed by atoms with Crippen molar-refractivity contribution in [2.45, 2.75) is 85.4 Å². The highest BCUT2D eigenvalue weighted by Crippen LogP contribution is 2.29. The first-order chi connectivity index (χ1) is 16.6. The predicted molar refractivity (Wildman–Crippen MR) is 146 cm³/mol. The van der Waals surface area contributed by atoms with Gasteiger partial charge in [-0.15, -0.1) is 0 Å². The maximum atomic E-state index is 6.00. The summed E-state index contributed by atoms with van der Waals surface area (Å²) in [6.07, 6.45) is 5.72. The summed E-state index contributed by atoms with van der Waals surface area (Å²) in [6, 6.07) is 8.23. The van der Waals surface area contributed by atoms with Gasteiger partial charge in [-0.3, -0.25) is 14.5 Å². The molecule has 6 nitrogen and oxygen atoms in total. The first kappa shape index (κ1) is 26.0. The highest BCUT2D eigenvalue weighted by molar-refractivity contribution is 6.76. The molecule has 4 heterocycles. The molecule has 1 unspecified atom stereocenters. The minimum absolute atomic E-state index is 0.328. The monoisotopic (exact) mass is 493 g/mol. The van der Waals surface area contributed by atoms with Crippen LogP contribution in [0.3, 0.4) is 0 Å². The van der Waals surface area contributed by atoms with E-state index in [0.717, 1.165) is 54.5 Å². The fourth-order valence-electron chi connectivity index (χ4n) is 5.26. The molecular formula is C28H43N5OSi. The molecule has 190 valence electrons. The van der Waals surface area contributed by atoms with Gasteiger partial charge in [-0.25, -0.2) is 9.97 Å². The Morgan fingerprint density at radius 2 is 1.83 bits per heavy atom. The number of aryl methyl sites for hydroxylation is 3. The van der Waals surface area contributed by atoms with Crippen molar-refractivity contribution in [1.82, 2.24) is 24.4 Å². The van der Waals surface area contributed by atoms with E-state index < -0.39 is 8.07 Å². The van der Waals surface area contributed by atoms with Crippen LogP contribution in [-0.2, 0) is 17.9 Å².